The van der Waals surface area contributed by atoms with Crippen LogP contribution in [-0.4, -0.2) is 70.0 Å². The number of morpholine rings is 1. The number of methoxy groups -OCH3 is 1. The maximum Gasteiger partial charge on any atom is 0.246 e. The molecule has 0 N–H and O–H groups in total. The van der Waals surface area contributed by atoms with E-state index in [2.05, 4.69) is 0 Å². The van der Waals surface area contributed by atoms with Gasteiger partial charge in [0.2, 0.25) is 15.9 Å². The molecule has 1 aromatic rings. The molecule has 0 aliphatic carbocycles. The van der Waals surface area contributed by atoms with Crippen molar-refractivity contribution in [3.05, 3.63) is 29.8 Å². The molecule has 0 aromatic heterocycles. The molecule has 1 amide bonds. The van der Waals surface area contributed by atoms with Crippen molar-refractivity contribution in [2.75, 3.05) is 46.5 Å². The van der Waals surface area contributed by atoms with Gasteiger partial charge in [-0.3, -0.25) is 4.79 Å². The molecule has 2 aliphatic heterocycles. The van der Waals surface area contributed by atoms with Crippen LogP contribution in [-0.2, 0) is 19.6 Å². The largest absolute Gasteiger partial charge is 0.495 e. The lowest BCUT2D eigenvalue weighted by Crippen LogP contribution is -2.39. The fourth-order valence-electron chi connectivity index (χ4n) is 3.30. The fourth-order valence-corrected chi connectivity index (χ4v) is 5.01. The number of benzene rings is 1. The molecule has 1 aromatic carbocycles. The van der Waals surface area contributed by atoms with Gasteiger partial charge in [-0.15, -0.1) is 0 Å². The maximum absolute atomic E-state index is 13.0. The van der Waals surface area contributed by atoms with Gasteiger partial charge in [-0.2, -0.15) is 4.31 Å². The highest BCUT2D eigenvalue weighted by atomic mass is 32.2. The normalized spacial score (nSPS) is 19.4. The Bertz CT molecular complexity index is 794. The molecule has 2 aliphatic rings. The Hall–Kier alpha value is -1.90. The lowest BCUT2D eigenvalue weighted by molar-refractivity contribution is -0.129. The number of sulfonamides is 1. The van der Waals surface area contributed by atoms with E-state index in [0.717, 1.165) is 19.3 Å². The van der Waals surface area contributed by atoms with Gasteiger partial charge >= 0.3 is 0 Å². The quantitative estimate of drug-likeness (QED) is 0.711. The van der Waals surface area contributed by atoms with E-state index in [4.69, 9.17) is 9.47 Å². The van der Waals surface area contributed by atoms with Crippen molar-refractivity contribution in [1.29, 1.82) is 0 Å². The molecule has 0 unspecified atom stereocenters. The zero-order valence-electron chi connectivity index (χ0n) is 15.6. The average molecular weight is 394 g/mol. The van der Waals surface area contributed by atoms with E-state index in [1.165, 1.54) is 17.5 Å². The van der Waals surface area contributed by atoms with Crippen molar-refractivity contribution in [2.45, 2.75) is 24.2 Å². The molecule has 2 fully saturated rings. The number of hydrogen-bond donors (Lipinski definition) is 0. The van der Waals surface area contributed by atoms with Gasteiger partial charge in [0, 0.05) is 32.3 Å². The second kappa shape index (κ2) is 8.86. The van der Waals surface area contributed by atoms with E-state index in [0.29, 0.717) is 50.7 Å². The topological polar surface area (TPSA) is 76.1 Å². The van der Waals surface area contributed by atoms with Crippen LogP contribution in [0.15, 0.2) is 29.2 Å². The van der Waals surface area contributed by atoms with Crippen molar-refractivity contribution >= 4 is 22.0 Å². The summed E-state index contributed by atoms with van der Waals surface area (Å²) < 4.78 is 38.1. The zero-order chi connectivity index (χ0) is 19.3. The Morgan fingerprint density at radius 3 is 2.48 bits per heavy atom. The summed E-state index contributed by atoms with van der Waals surface area (Å²) in [5.74, 6) is 0.215. The molecule has 148 valence electrons. The number of nitrogens with zero attached hydrogens (tertiary/aromatic N) is 2. The first kappa shape index (κ1) is 19.9. The Labute approximate surface area is 160 Å². The van der Waals surface area contributed by atoms with Gasteiger partial charge in [0.1, 0.15) is 10.6 Å². The summed E-state index contributed by atoms with van der Waals surface area (Å²) in [6, 6.07) is 4.96. The van der Waals surface area contributed by atoms with E-state index >= 15 is 0 Å². The number of carbonyl (C=O) groups excluding carboxylic acids is 1. The van der Waals surface area contributed by atoms with Crippen LogP contribution in [0.3, 0.4) is 0 Å². The van der Waals surface area contributed by atoms with Crippen molar-refractivity contribution < 1.29 is 22.7 Å². The van der Waals surface area contributed by atoms with Crippen LogP contribution in [0.2, 0.25) is 0 Å². The Morgan fingerprint density at radius 2 is 1.81 bits per heavy atom. The van der Waals surface area contributed by atoms with Crippen LogP contribution >= 0.6 is 0 Å². The van der Waals surface area contributed by atoms with Gasteiger partial charge in [-0.05, 0) is 36.6 Å². The Morgan fingerprint density at radius 1 is 1.11 bits per heavy atom. The first-order valence-corrected chi connectivity index (χ1v) is 10.7. The monoisotopic (exact) mass is 394 g/mol. The highest BCUT2D eigenvalue weighted by Gasteiger charge is 2.29. The van der Waals surface area contributed by atoms with Gasteiger partial charge in [0.05, 0.1) is 20.3 Å². The maximum atomic E-state index is 13.0. The van der Waals surface area contributed by atoms with Crippen molar-refractivity contribution in [3.8, 4) is 5.75 Å². The second-order valence-electron chi connectivity index (χ2n) is 6.65. The predicted octanol–water partition coefficient (Wildman–Crippen LogP) is 1.74. The molecule has 0 radical (unpaired) electrons. The predicted molar refractivity (Wildman–Crippen MR) is 102 cm³/mol. The summed E-state index contributed by atoms with van der Waals surface area (Å²) in [5, 5.41) is 0. The first-order valence-electron chi connectivity index (χ1n) is 9.25. The fraction of sp³-hybridized carbons (Fsp3) is 0.526. The first-order chi connectivity index (χ1) is 13.0. The van der Waals surface area contributed by atoms with E-state index in [1.54, 1.807) is 29.2 Å². The minimum atomic E-state index is -3.62. The van der Waals surface area contributed by atoms with Crippen LogP contribution in [0.25, 0.3) is 6.08 Å². The van der Waals surface area contributed by atoms with Crippen LogP contribution in [0.5, 0.6) is 5.75 Å². The molecule has 2 saturated heterocycles. The third-order valence-electron chi connectivity index (χ3n) is 4.86. The van der Waals surface area contributed by atoms with Crippen molar-refractivity contribution in [1.82, 2.24) is 9.21 Å². The van der Waals surface area contributed by atoms with Crippen LogP contribution in [0.4, 0.5) is 0 Å². The van der Waals surface area contributed by atoms with Crippen LogP contribution in [0, 0.1) is 0 Å². The van der Waals surface area contributed by atoms with Crippen LogP contribution < -0.4 is 4.74 Å². The number of carbonyl (C=O) groups is 1. The molecule has 0 spiro atoms. The lowest BCUT2D eigenvalue weighted by atomic mass is 10.2. The number of rotatable bonds is 5. The summed E-state index contributed by atoms with van der Waals surface area (Å²) in [7, 11) is -2.16. The molecule has 7 nitrogen and oxygen atoms in total. The summed E-state index contributed by atoms with van der Waals surface area (Å²) in [5.41, 5.74) is 0.646. The summed E-state index contributed by atoms with van der Waals surface area (Å²) in [6.45, 7) is 3.28. The third kappa shape index (κ3) is 4.69. The molecular weight excluding hydrogens is 368 g/mol. The molecule has 3 rings (SSSR count). The standard InChI is InChI=1S/C19H26N2O5S/c1-25-17-7-5-16(6-8-19(22)20-11-13-26-14-12-20)15-18(17)27(23,24)21-9-3-2-4-10-21/h5-8,15H,2-4,9-14H2,1H3/b8-6+. The van der Waals surface area contributed by atoms with Gasteiger partial charge < -0.3 is 14.4 Å². The molecule has 2 heterocycles. The number of piperidine rings is 1. The summed E-state index contributed by atoms with van der Waals surface area (Å²) in [6.07, 6.45) is 5.91. The van der Waals surface area contributed by atoms with Gasteiger partial charge in [-0.1, -0.05) is 12.5 Å². The minimum Gasteiger partial charge on any atom is -0.495 e. The second-order valence-corrected chi connectivity index (χ2v) is 8.55. The molecule has 27 heavy (non-hydrogen) atoms. The van der Waals surface area contributed by atoms with Crippen molar-refractivity contribution in [3.63, 3.8) is 0 Å². The smallest absolute Gasteiger partial charge is 0.246 e. The van der Waals surface area contributed by atoms with E-state index in [-0.39, 0.29) is 10.8 Å². The average Bonchev–Trinajstić information content (AvgIpc) is 2.73. The molecule has 0 saturated carbocycles. The summed E-state index contributed by atoms with van der Waals surface area (Å²) >= 11 is 0. The SMILES string of the molecule is COc1ccc(/C=C/C(=O)N2CCOCC2)cc1S(=O)(=O)N1CCCCC1. The highest BCUT2D eigenvalue weighted by Crippen LogP contribution is 2.30. The summed E-state index contributed by atoms with van der Waals surface area (Å²) in [4.78, 5) is 14.1. The van der Waals surface area contributed by atoms with Crippen LogP contribution in [0.1, 0.15) is 24.8 Å². The molecular formula is C19H26N2O5S. The van der Waals surface area contributed by atoms with Gasteiger partial charge in [-0.25, -0.2) is 8.42 Å². The number of amides is 1. The number of ether oxygens (including phenoxy) is 2. The lowest BCUT2D eigenvalue weighted by Gasteiger charge is -2.26. The third-order valence-corrected chi connectivity index (χ3v) is 6.78. The van der Waals surface area contributed by atoms with E-state index in [9.17, 15) is 13.2 Å². The van der Waals surface area contributed by atoms with Crippen molar-refractivity contribution in [2.24, 2.45) is 0 Å². The van der Waals surface area contributed by atoms with E-state index in [1.807, 2.05) is 0 Å². The Kier molecular flexibility index (Phi) is 6.51. The molecule has 0 atom stereocenters. The highest BCUT2D eigenvalue weighted by molar-refractivity contribution is 7.89. The minimum absolute atomic E-state index is 0.102. The molecule has 8 heteroatoms. The Balaban J connectivity index is 1.82. The van der Waals surface area contributed by atoms with E-state index < -0.39 is 10.0 Å². The molecule has 0 bridgehead atoms. The number of hydrogen-bond acceptors (Lipinski definition) is 5. The zero-order valence-corrected chi connectivity index (χ0v) is 16.4. The van der Waals surface area contributed by atoms with Gasteiger partial charge in [0.25, 0.3) is 0 Å². The van der Waals surface area contributed by atoms with Gasteiger partial charge in [0.15, 0.2) is 0 Å².